The first-order chi connectivity index (χ1) is 9.66. The van der Waals surface area contributed by atoms with Crippen molar-refractivity contribution in [2.75, 3.05) is 20.2 Å². The van der Waals surface area contributed by atoms with Crippen LogP contribution in [0.2, 0.25) is 0 Å². The van der Waals surface area contributed by atoms with E-state index in [0.717, 1.165) is 13.2 Å². The molecule has 21 heavy (non-hydrogen) atoms. The number of nitrogens with zero attached hydrogens (tertiary/aromatic N) is 2. The first kappa shape index (κ1) is 17.4. The lowest BCUT2D eigenvalue weighted by Crippen LogP contribution is -2.30. The van der Waals surface area contributed by atoms with E-state index in [9.17, 15) is 21.6 Å². The number of hydrogen-bond acceptors (Lipinski definition) is 4. The summed E-state index contributed by atoms with van der Waals surface area (Å²) >= 11 is 0. The zero-order chi connectivity index (χ0) is 16.1. The zero-order valence-electron chi connectivity index (χ0n) is 11.1. The second kappa shape index (κ2) is 6.89. The highest BCUT2D eigenvalue weighted by Gasteiger charge is 2.30. The van der Waals surface area contributed by atoms with E-state index in [1.807, 2.05) is 0 Å². The van der Waals surface area contributed by atoms with Crippen LogP contribution in [0.15, 0.2) is 23.4 Å². The van der Waals surface area contributed by atoms with Gasteiger partial charge in [0.05, 0.1) is 6.42 Å². The van der Waals surface area contributed by atoms with Crippen LogP contribution in [-0.4, -0.2) is 49.2 Å². The van der Waals surface area contributed by atoms with Crippen molar-refractivity contribution < 1.29 is 26.7 Å². The summed E-state index contributed by atoms with van der Waals surface area (Å²) in [6, 6.07) is 1.19. The average Bonchev–Trinajstić information content (AvgIpc) is 2.42. The second-order valence-corrected chi connectivity index (χ2v) is 6.11. The number of halogens is 3. The standard InChI is InChI=1S/C12H13F3N2O3S/c1-17(5-4-12(13,14)15)21(19,20)11-7-10(3-2-6-18)8-16-9-11/h7-9,18H,4-6H2,1H3. The topological polar surface area (TPSA) is 70.5 Å². The highest BCUT2D eigenvalue weighted by Crippen LogP contribution is 2.22. The van der Waals surface area contributed by atoms with Crippen LogP contribution < -0.4 is 0 Å². The fourth-order valence-electron chi connectivity index (χ4n) is 1.35. The van der Waals surface area contributed by atoms with Crippen molar-refractivity contribution in [3.05, 3.63) is 24.0 Å². The Bertz CT molecular complexity index is 648. The molecule has 0 aliphatic carbocycles. The molecule has 0 atom stereocenters. The molecule has 0 unspecified atom stereocenters. The Morgan fingerprint density at radius 2 is 2.05 bits per heavy atom. The third kappa shape index (κ3) is 5.34. The van der Waals surface area contributed by atoms with Crippen LogP contribution >= 0.6 is 0 Å². The molecular formula is C12H13F3N2O3S. The molecule has 1 aromatic heterocycles. The molecular weight excluding hydrogens is 309 g/mol. The minimum atomic E-state index is -4.43. The van der Waals surface area contributed by atoms with E-state index in [0.29, 0.717) is 4.31 Å². The van der Waals surface area contributed by atoms with Crippen molar-refractivity contribution in [3.63, 3.8) is 0 Å². The SMILES string of the molecule is CN(CCC(F)(F)F)S(=O)(=O)c1cncc(C#CCO)c1. The summed E-state index contributed by atoms with van der Waals surface area (Å²) in [5.74, 6) is 4.80. The molecule has 0 bridgehead atoms. The molecule has 116 valence electrons. The fourth-order valence-corrected chi connectivity index (χ4v) is 2.52. The van der Waals surface area contributed by atoms with Crippen LogP contribution in [0, 0.1) is 11.8 Å². The van der Waals surface area contributed by atoms with Gasteiger partial charge in [-0.1, -0.05) is 11.8 Å². The molecule has 0 aliphatic rings. The predicted octanol–water partition coefficient (Wildman–Crippen LogP) is 0.998. The first-order valence-electron chi connectivity index (χ1n) is 5.74. The normalized spacial score (nSPS) is 12.1. The molecule has 0 amide bonds. The molecule has 1 rings (SSSR count). The van der Waals surface area contributed by atoms with Crippen LogP contribution in [0.5, 0.6) is 0 Å². The van der Waals surface area contributed by atoms with Crippen LogP contribution in [0.4, 0.5) is 13.2 Å². The number of sulfonamides is 1. The summed E-state index contributed by atoms with van der Waals surface area (Å²) in [5, 5.41) is 8.56. The molecule has 5 nitrogen and oxygen atoms in total. The van der Waals surface area contributed by atoms with Gasteiger partial charge >= 0.3 is 6.18 Å². The van der Waals surface area contributed by atoms with Crippen LogP contribution in [0.1, 0.15) is 12.0 Å². The number of aromatic nitrogens is 1. The number of alkyl halides is 3. The van der Waals surface area contributed by atoms with Gasteiger partial charge in [-0.15, -0.1) is 0 Å². The number of rotatable bonds is 4. The molecule has 0 aromatic carbocycles. The lowest BCUT2D eigenvalue weighted by Gasteiger charge is -2.17. The molecule has 0 spiro atoms. The van der Waals surface area contributed by atoms with Gasteiger partial charge < -0.3 is 5.11 Å². The Kier molecular flexibility index (Phi) is 5.71. The Morgan fingerprint density at radius 3 is 2.62 bits per heavy atom. The summed E-state index contributed by atoms with van der Waals surface area (Å²) in [6.45, 7) is -1.08. The average molecular weight is 322 g/mol. The van der Waals surface area contributed by atoms with Crippen molar-refractivity contribution in [3.8, 4) is 11.8 Å². The lowest BCUT2D eigenvalue weighted by atomic mass is 10.3. The number of aliphatic hydroxyl groups excluding tert-OH is 1. The van der Waals surface area contributed by atoms with Gasteiger partial charge in [-0.3, -0.25) is 4.98 Å². The van der Waals surface area contributed by atoms with Gasteiger partial charge in [-0.25, -0.2) is 12.7 Å². The van der Waals surface area contributed by atoms with Crippen molar-refractivity contribution in [2.45, 2.75) is 17.5 Å². The predicted molar refractivity (Wildman–Crippen MR) is 68.7 cm³/mol. The van der Waals surface area contributed by atoms with E-state index in [4.69, 9.17) is 5.11 Å². The number of pyridine rings is 1. The number of aliphatic hydroxyl groups is 1. The summed E-state index contributed by atoms with van der Waals surface area (Å²) in [6.07, 6.45) is -3.35. The molecule has 0 aliphatic heterocycles. The van der Waals surface area contributed by atoms with E-state index in [-0.39, 0.29) is 10.5 Å². The third-order valence-electron chi connectivity index (χ3n) is 2.44. The van der Waals surface area contributed by atoms with Gasteiger partial charge in [-0.2, -0.15) is 13.2 Å². The molecule has 1 heterocycles. The van der Waals surface area contributed by atoms with Crippen LogP contribution in [-0.2, 0) is 10.0 Å². The number of hydrogen-bond donors (Lipinski definition) is 1. The van der Waals surface area contributed by atoms with E-state index >= 15 is 0 Å². The zero-order valence-corrected chi connectivity index (χ0v) is 11.9. The van der Waals surface area contributed by atoms with Crippen LogP contribution in [0.25, 0.3) is 0 Å². The van der Waals surface area contributed by atoms with E-state index in [1.54, 1.807) is 0 Å². The largest absolute Gasteiger partial charge is 0.390 e. The smallest absolute Gasteiger partial charge is 0.384 e. The fraction of sp³-hybridized carbons (Fsp3) is 0.417. The highest BCUT2D eigenvalue weighted by molar-refractivity contribution is 7.89. The summed E-state index contributed by atoms with van der Waals surface area (Å²) in [7, 11) is -3.01. The van der Waals surface area contributed by atoms with E-state index in [1.165, 1.54) is 12.3 Å². The summed E-state index contributed by atoms with van der Waals surface area (Å²) < 4.78 is 61.2. The summed E-state index contributed by atoms with van der Waals surface area (Å²) in [4.78, 5) is 3.43. The monoisotopic (exact) mass is 322 g/mol. The Labute approximate surface area is 120 Å². The van der Waals surface area contributed by atoms with Gasteiger partial charge in [0.15, 0.2) is 0 Å². The van der Waals surface area contributed by atoms with Crippen LogP contribution in [0.3, 0.4) is 0 Å². The van der Waals surface area contributed by atoms with Gasteiger partial charge in [0.1, 0.15) is 11.5 Å². The Balaban J connectivity index is 2.97. The quantitative estimate of drug-likeness (QED) is 0.840. The minimum absolute atomic E-state index is 0.245. The molecule has 0 saturated heterocycles. The van der Waals surface area contributed by atoms with Crippen molar-refractivity contribution in [2.24, 2.45) is 0 Å². The third-order valence-corrected chi connectivity index (χ3v) is 4.27. The van der Waals surface area contributed by atoms with Crippen molar-refractivity contribution >= 4 is 10.0 Å². The molecule has 0 saturated carbocycles. The van der Waals surface area contributed by atoms with Gasteiger partial charge in [0, 0.05) is 31.5 Å². The maximum absolute atomic E-state index is 12.1. The van der Waals surface area contributed by atoms with Crippen molar-refractivity contribution in [1.29, 1.82) is 0 Å². The van der Waals surface area contributed by atoms with E-state index in [2.05, 4.69) is 16.8 Å². The minimum Gasteiger partial charge on any atom is -0.384 e. The van der Waals surface area contributed by atoms with Crippen molar-refractivity contribution in [1.82, 2.24) is 9.29 Å². The molecule has 1 aromatic rings. The molecule has 0 radical (unpaired) electrons. The summed E-state index contributed by atoms with van der Waals surface area (Å²) in [5.41, 5.74) is 0.245. The molecule has 9 heteroatoms. The maximum Gasteiger partial charge on any atom is 0.390 e. The van der Waals surface area contributed by atoms with Gasteiger partial charge in [0.2, 0.25) is 10.0 Å². The van der Waals surface area contributed by atoms with Gasteiger partial charge in [-0.05, 0) is 6.07 Å². The maximum atomic E-state index is 12.1. The van der Waals surface area contributed by atoms with Gasteiger partial charge in [0.25, 0.3) is 0 Å². The second-order valence-electron chi connectivity index (χ2n) is 4.06. The Morgan fingerprint density at radius 1 is 1.38 bits per heavy atom. The Hall–Kier alpha value is -1.63. The van der Waals surface area contributed by atoms with E-state index < -0.39 is 35.8 Å². The molecule has 1 N–H and O–H groups in total. The highest BCUT2D eigenvalue weighted by atomic mass is 32.2. The lowest BCUT2D eigenvalue weighted by molar-refractivity contribution is -0.135. The molecule has 0 fully saturated rings. The first-order valence-corrected chi connectivity index (χ1v) is 7.18.